The van der Waals surface area contributed by atoms with Crippen LogP contribution in [0.15, 0.2) is 0 Å². The second kappa shape index (κ2) is 6.25. The first-order valence-electron chi connectivity index (χ1n) is 7.97. The molecular weight excluding hydrogens is 236 g/mol. The van der Waals surface area contributed by atoms with Gasteiger partial charge in [-0.2, -0.15) is 0 Å². The topological polar surface area (TPSA) is 32.3 Å². The predicted octanol–water partition coefficient (Wildman–Crippen LogP) is 2.95. The lowest BCUT2D eigenvalue weighted by molar-refractivity contribution is -0.132. The molecule has 3 heteroatoms. The van der Waals surface area contributed by atoms with Gasteiger partial charge >= 0.3 is 0 Å². The zero-order valence-corrected chi connectivity index (χ0v) is 12.9. The number of nitrogens with one attached hydrogen (secondary N) is 1. The van der Waals surface area contributed by atoms with Crippen LogP contribution in [0.2, 0.25) is 0 Å². The molecule has 0 aromatic carbocycles. The van der Waals surface area contributed by atoms with Crippen molar-refractivity contribution in [2.45, 2.75) is 77.3 Å². The normalized spacial score (nSPS) is 24.6. The van der Waals surface area contributed by atoms with Crippen LogP contribution in [-0.4, -0.2) is 36.5 Å². The number of hydrogen-bond acceptors (Lipinski definition) is 2. The van der Waals surface area contributed by atoms with E-state index in [1.54, 1.807) is 0 Å². The fourth-order valence-corrected chi connectivity index (χ4v) is 3.46. The van der Waals surface area contributed by atoms with Gasteiger partial charge < -0.3 is 10.2 Å². The summed E-state index contributed by atoms with van der Waals surface area (Å²) in [4.78, 5) is 14.2. The zero-order valence-electron chi connectivity index (χ0n) is 12.9. The molecule has 0 atom stereocenters. The van der Waals surface area contributed by atoms with Gasteiger partial charge in [-0.15, -0.1) is 0 Å². The van der Waals surface area contributed by atoms with E-state index in [0.29, 0.717) is 24.0 Å². The molecule has 0 bridgehead atoms. The van der Waals surface area contributed by atoms with Crippen LogP contribution < -0.4 is 5.32 Å². The van der Waals surface area contributed by atoms with Crippen LogP contribution in [0.1, 0.15) is 65.2 Å². The van der Waals surface area contributed by atoms with Crippen LogP contribution in [-0.2, 0) is 4.79 Å². The Bertz CT molecular complexity index is 298. The fraction of sp³-hybridized carbons (Fsp3) is 0.938. The molecule has 0 saturated heterocycles. The summed E-state index contributed by atoms with van der Waals surface area (Å²) in [6.45, 7) is 5.21. The Balaban J connectivity index is 1.72. The molecule has 0 heterocycles. The number of likely N-dealkylation sites (N-methyl/N-ethyl adjacent to an activating group) is 1. The van der Waals surface area contributed by atoms with Crippen LogP contribution in [0.4, 0.5) is 0 Å². The van der Waals surface area contributed by atoms with Gasteiger partial charge in [-0.05, 0) is 43.9 Å². The molecule has 110 valence electrons. The van der Waals surface area contributed by atoms with Crippen molar-refractivity contribution < 1.29 is 4.79 Å². The number of hydrogen-bond donors (Lipinski definition) is 1. The lowest BCUT2D eigenvalue weighted by atomic mass is 9.75. The van der Waals surface area contributed by atoms with Gasteiger partial charge in [0.2, 0.25) is 5.91 Å². The van der Waals surface area contributed by atoms with Gasteiger partial charge in [0.15, 0.2) is 0 Å². The van der Waals surface area contributed by atoms with Crippen molar-refractivity contribution in [3.63, 3.8) is 0 Å². The zero-order chi connectivity index (χ0) is 13.9. The number of amides is 1. The molecular formula is C16H30N2O. The number of nitrogens with zero attached hydrogens (tertiary/aromatic N) is 1. The molecule has 0 spiro atoms. The minimum atomic E-state index is 0.275. The third-order valence-corrected chi connectivity index (χ3v) is 5.15. The molecule has 2 aliphatic rings. The molecule has 2 fully saturated rings. The lowest BCUT2D eigenvalue weighted by Gasteiger charge is -2.38. The maximum Gasteiger partial charge on any atom is 0.236 e. The molecule has 0 aromatic heterocycles. The van der Waals surface area contributed by atoms with E-state index < -0.39 is 0 Å². The van der Waals surface area contributed by atoms with Gasteiger partial charge in [-0.1, -0.05) is 26.7 Å². The minimum absolute atomic E-state index is 0.275. The van der Waals surface area contributed by atoms with Crippen molar-refractivity contribution >= 4 is 5.91 Å². The largest absolute Gasteiger partial charge is 0.342 e. The third kappa shape index (κ3) is 4.20. The molecule has 19 heavy (non-hydrogen) atoms. The van der Waals surface area contributed by atoms with E-state index in [0.717, 1.165) is 0 Å². The summed E-state index contributed by atoms with van der Waals surface area (Å²) in [6, 6.07) is 1.05. The maximum atomic E-state index is 12.2. The number of carbonyl (C=O) groups is 1. The predicted molar refractivity (Wildman–Crippen MR) is 79.1 cm³/mol. The Morgan fingerprint density at radius 1 is 1.16 bits per heavy atom. The highest BCUT2D eigenvalue weighted by Gasteiger charge is 2.30. The monoisotopic (exact) mass is 266 g/mol. The summed E-state index contributed by atoms with van der Waals surface area (Å²) in [5.41, 5.74) is 0.475. The molecule has 0 radical (unpaired) electrons. The van der Waals surface area contributed by atoms with Gasteiger partial charge in [-0.3, -0.25) is 4.79 Å². The van der Waals surface area contributed by atoms with Crippen molar-refractivity contribution in [1.29, 1.82) is 0 Å². The Kier molecular flexibility index (Phi) is 4.88. The second-order valence-corrected chi connectivity index (χ2v) is 7.26. The molecule has 1 N–H and O–H groups in total. The molecule has 3 nitrogen and oxygen atoms in total. The molecule has 0 aliphatic heterocycles. The first-order chi connectivity index (χ1) is 8.98. The summed E-state index contributed by atoms with van der Waals surface area (Å²) in [5, 5.41) is 3.43. The van der Waals surface area contributed by atoms with Crippen LogP contribution in [0.3, 0.4) is 0 Å². The SMILES string of the molecule is CN(C(=O)CNC1CCCC1)C1CCC(C)(C)CC1. The third-order valence-electron chi connectivity index (χ3n) is 5.15. The van der Waals surface area contributed by atoms with Gasteiger partial charge in [0.25, 0.3) is 0 Å². The van der Waals surface area contributed by atoms with Crippen LogP contribution in [0, 0.1) is 5.41 Å². The van der Waals surface area contributed by atoms with Crippen molar-refractivity contribution in [2.75, 3.05) is 13.6 Å². The molecule has 2 aliphatic carbocycles. The molecule has 0 unspecified atom stereocenters. The average Bonchev–Trinajstić information content (AvgIpc) is 2.88. The average molecular weight is 266 g/mol. The van der Waals surface area contributed by atoms with Gasteiger partial charge in [0, 0.05) is 19.1 Å². The first-order valence-corrected chi connectivity index (χ1v) is 7.97. The molecule has 2 saturated carbocycles. The quantitative estimate of drug-likeness (QED) is 0.848. The van der Waals surface area contributed by atoms with Gasteiger partial charge in [0.05, 0.1) is 6.54 Å². The Morgan fingerprint density at radius 3 is 2.32 bits per heavy atom. The highest BCUT2D eigenvalue weighted by molar-refractivity contribution is 5.78. The van der Waals surface area contributed by atoms with E-state index in [1.165, 1.54) is 51.4 Å². The number of carbonyl (C=O) groups excluding carboxylic acids is 1. The van der Waals surface area contributed by atoms with Crippen molar-refractivity contribution in [1.82, 2.24) is 10.2 Å². The highest BCUT2D eigenvalue weighted by Crippen LogP contribution is 2.36. The summed E-state index contributed by atoms with van der Waals surface area (Å²) in [6.07, 6.45) is 9.94. The van der Waals surface area contributed by atoms with E-state index in [4.69, 9.17) is 0 Å². The van der Waals surface area contributed by atoms with Crippen molar-refractivity contribution in [3.8, 4) is 0 Å². The summed E-state index contributed by atoms with van der Waals surface area (Å²) in [5.74, 6) is 0.275. The van der Waals surface area contributed by atoms with Gasteiger partial charge in [-0.25, -0.2) is 0 Å². The maximum absolute atomic E-state index is 12.2. The summed E-state index contributed by atoms with van der Waals surface area (Å²) < 4.78 is 0. The molecule has 0 aromatic rings. The van der Waals surface area contributed by atoms with Gasteiger partial charge in [0.1, 0.15) is 0 Å². The lowest BCUT2D eigenvalue weighted by Crippen LogP contribution is -2.45. The van der Waals surface area contributed by atoms with E-state index in [1.807, 2.05) is 11.9 Å². The summed E-state index contributed by atoms with van der Waals surface area (Å²) in [7, 11) is 1.99. The Hall–Kier alpha value is -0.570. The van der Waals surface area contributed by atoms with E-state index in [9.17, 15) is 4.79 Å². The standard InChI is InChI=1S/C16H30N2O/c1-16(2)10-8-14(9-11-16)18(3)15(19)12-17-13-6-4-5-7-13/h13-14,17H,4-12H2,1-3H3. The minimum Gasteiger partial charge on any atom is -0.342 e. The van der Waals surface area contributed by atoms with Crippen LogP contribution >= 0.6 is 0 Å². The highest BCUT2D eigenvalue weighted by atomic mass is 16.2. The number of rotatable bonds is 4. The van der Waals surface area contributed by atoms with Crippen molar-refractivity contribution in [2.24, 2.45) is 5.41 Å². The van der Waals surface area contributed by atoms with E-state index in [2.05, 4.69) is 19.2 Å². The Morgan fingerprint density at radius 2 is 1.74 bits per heavy atom. The van der Waals surface area contributed by atoms with Crippen LogP contribution in [0.25, 0.3) is 0 Å². The van der Waals surface area contributed by atoms with E-state index in [-0.39, 0.29) is 5.91 Å². The smallest absolute Gasteiger partial charge is 0.236 e. The first kappa shape index (κ1) is 14.8. The Labute approximate surface area is 118 Å². The molecule has 1 amide bonds. The summed E-state index contributed by atoms with van der Waals surface area (Å²) >= 11 is 0. The molecule has 2 rings (SSSR count). The van der Waals surface area contributed by atoms with E-state index >= 15 is 0 Å². The van der Waals surface area contributed by atoms with Crippen LogP contribution in [0.5, 0.6) is 0 Å². The van der Waals surface area contributed by atoms with Crippen molar-refractivity contribution in [3.05, 3.63) is 0 Å². The fourth-order valence-electron chi connectivity index (χ4n) is 3.46. The second-order valence-electron chi connectivity index (χ2n) is 7.26.